The van der Waals surface area contributed by atoms with Crippen LogP contribution in [0.3, 0.4) is 0 Å². The second-order valence-corrected chi connectivity index (χ2v) is 11.4. The monoisotopic (exact) mass is 582 g/mol. The van der Waals surface area contributed by atoms with E-state index in [4.69, 9.17) is 4.74 Å². The van der Waals surface area contributed by atoms with Crippen LogP contribution in [0.4, 0.5) is 17.1 Å². The van der Waals surface area contributed by atoms with Gasteiger partial charge in [-0.25, -0.2) is 0 Å². The summed E-state index contributed by atoms with van der Waals surface area (Å²) in [7, 11) is 0. The molecule has 1 aromatic heterocycles. The van der Waals surface area contributed by atoms with Gasteiger partial charge in [0.1, 0.15) is 11.5 Å². The summed E-state index contributed by atoms with van der Waals surface area (Å²) in [5.41, 5.74) is 9.87. The molecule has 7 aromatic rings. The summed E-state index contributed by atoms with van der Waals surface area (Å²) < 4.78 is 8.77. The number of pyridine rings is 1. The Hall–Kier alpha value is -5.87. The summed E-state index contributed by atoms with van der Waals surface area (Å²) in [6.45, 7) is 1.89. The van der Waals surface area contributed by atoms with Crippen molar-refractivity contribution in [1.82, 2.24) is 4.57 Å². The summed E-state index contributed by atoms with van der Waals surface area (Å²) >= 11 is 0. The van der Waals surface area contributed by atoms with E-state index in [-0.39, 0.29) is 5.43 Å². The molecule has 45 heavy (non-hydrogen) atoms. The molecule has 1 aliphatic heterocycles. The van der Waals surface area contributed by atoms with E-state index in [0.29, 0.717) is 17.4 Å². The lowest BCUT2D eigenvalue weighted by Gasteiger charge is -2.30. The van der Waals surface area contributed by atoms with Crippen LogP contribution in [0.2, 0.25) is 0 Å². The van der Waals surface area contributed by atoms with Crippen LogP contribution in [0, 0.1) is 6.92 Å². The van der Waals surface area contributed by atoms with Gasteiger partial charge in [0.05, 0.1) is 11.2 Å². The molecule has 0 unspecified atom stereocenters. The topological polar surface area (TPSA) is 34.5 Å². The second-order valence-electron chi connectivity index (χ2n) is 11.4. The van der Waals surface area contributed by atoms with Gasteiger partial charge in [-0.3, -0.25) is 4.79 Å². The molecule has 0 atom stereocenters. The third-order valence-corrected chi connectivity index (χ3v) is 8.59. The van der Waals surface area contributed by atoms with E-state index >= 15 is 0 Å². The lowest BCUT2D eigenvalue weighted by atomic mass is 9.98. The molecule has 4 nitrogen and oxygen atoms in total. The fourth-order valence-corrected chi connectivity index (χ4v) is 6.43. The summed E-state index contributed by atoms with van der Waals surface area (Å²) in [6.07, 6.45) is 2.62. The number of nitrogens with zero attached hydrogens (tertiary/aromatic N) is 2. The van der Waals surface area contributed by atoms with Crippen LogP contribution in [-0.2, 0) is 6.42 Å². The Balaban J connectivity index is 1.43. The Labute approximate surface area is 262 Å². The van der Waals surface area contributed by atoms with E-state index in [1.165, 1.54) is 0 Å². The van der Waals surface area contributed by atoms with Crippen molar-refractivity contribution in [3.63, 3.8) is 0 Å². The van der Waals surface area contributed by atoms with E-state index in [2.05, 4.69) is 100 Å². The lowest BCUT2D eigenvalue weighted by molar-refractivity contribution is 0.479. The first-order valence-corrected chi connectivity index (χ1v) is 15.2. The third kappa shape index (κ3) is 4.68. The minimum Gasteiger partial charge on any atom is -0.456 e. The Morgan fingerprint density at radius 1 is 0.578 bits per heavy atom. The van der Waals surface area contributed by atoms with E-state index in [1.807, 2.05) is 67.7 Å². The maximum Gasteiger partial charge on any atom is 0.192 e. The average molecular weight is 583 g/mol. The summed E-state index contributed by atoms with van der Waals surface area (Å²) in [5.74, 6) is 1.64. The van der Waals surface area contributed by atoms with Crippen LogP contribution in [0.5, 0.6) is 11.5 Å². The Kier molecular flexibility index (Phi) is 6.54. The molecule has 0 bridgehead atoms. The molecule has 0 saturated heterocycles. The Morgan fingerprint density at radius 3 is 2.04 bits per heavy atom. The van der Waals surface area contributed by atoms with Gasteiger partial charge in [0, 0.05) is 51.8 Å². The number of ether oxygens (including phenoxy) is 1. The number of hydrogen-bond acceptors (Lipinski definition) is 3. The Morgan fingerprint density at radius 2 is 1.22 bits per heavy atom. The number of hydrogen-bond donors (Lipinski definition) is 0. The number of aryl methyl sites for hydroxylation is 1. The van der Waals surface area contributed by atoms with Crippen LogP contribution in [0.15, 0.2) is 157 Å². The van der Waals surface area contributed by atoms with Gasteiger partial charge < -0.3 is 14.2 Å². The maximum absolute atomic E-state index is 13.8. The molecule has 216 valence electrons. The van der Waals surface area contributed by atoms with Gasteiger partial charge in [0.2, 0.25) is 0 Å². The summed E-state index contributed by atoms with van der Waals surface area (Å²) in [5, 5.41) is 0.676. The van der Waals surface area contributed by atoms with Crippen molar-refractivity contribution in [2.75, 3.05) is 4.90 Å². The minimum atomic E-state index is 0.0335. The fourth-order valence-electron chi connectivity index (χ4n) is 6.43. The smallest absolute Gasteiger partial charge is 0.192 e. The van der Waals surface area contributed by atoms with Gasteiger partial charge in [-0.1, -0.05) is 91.0 Å². The number of anilines is 3. The van der Waals surface area contributed by atoms with Gasteiger partial charge in [0.15, 0.2) is 5.43 Å². The molecule has 0 fully saturated rings. The van der Waals surface area contributed by atoms with Crippen molar-refractivity contribution in [3.05, 3.63) is 179 Å². The van der Waals surface area contributed by atoms with Crippen LogP contribution in [-0.4, -0.2) is 4.57 Å². The first-order valence-electron chi connectivity index (χ1n) is 15.2. The van der Waals surface area contributed by atoms with Crippen LogP contribution in [0.25, 0.3) is 27.7 Å². The minimum absolute atomic E-state index is 0.0335. The zero-order valence-electron chi connectivity index (χ0n) is 24.9. The van der Waals surface area contributed by atoms with Gasteiger partial charge in [-0.2, -0.15) is 0 Å². The molecule has 6 aromatic carbocycles. The van der Waals surface area contributed by atoms with Crippen molar-refractivity contribution >= 4 is 28.0 Å². The van der Waals surface area contributed by atoms with Crippen LogP contribution in [0.1, 0.15) is 16.7 Å². The molecule has 0 N–H and O–H groups in total. The van der Waals surface area contributed by atoms with Crippen LogP contribution < -0.4 is 15.1 Å². The number of benzene rings is 6. The SMILES string of the molecule is Cc1cn(-c2ccccc2)c2ccc(N3c4ccccc4Cc4ccccc4Oc4ccccc4-c4ccccc43)cc2c1=O. The van der Waals surface area contributed by atoms with Gasteiger partial charge >= 0.3 is 0 Å². The second kappa shape index (κ2) is 11.0. The first kappa shape index (κ1) is 26.7. The molecular formula is C41H30N2O2. The van der Waals surface area contributed by atoms with E-state index < -0.39 is 0 Å². The molecular weight excluding hydrogens is 552 g/mol. The lowest BCUT2D eigenvalue weighted by Crippen LogP contribution is -2.16. The number of rotatable bonds is 2. The molecule has 8 rings (SSSR count). The predicted molar refractivity (Wildman–Crippen MR) is 184 cm³/mol. The van der Waals surface area contributed by atoms with Crippen molar-refractivity contribution < 1.29 is 4.74 Å². The standard InChI is InChI=1S/C41H30N2O2/c1-28-27-42(31-15-3-2-4-16-31)37-24-23-32(26-35(37)41(28)44)43-36-19-9-5-13-29(36)25-30-14-6-11-21-39(30)45-40-22-12-8-18-34(40)33-17-7-10-20-38(33)43/h2-24,26-27H,25H2,1H3. The van der Waals surface area contributed by atoms with Crippen LogP contribution >= 0.6 is 0 Å². The van der Waals surface area contributed by atoms with Gasteiger partial charge in [-0.15, -0.1) is 0 Å². The van der Waals surface area contributed by atoms with Crippen molar-refractivity contribution in [3.8, 4) is 28.3 Å². The molecule has 1 aliphatic rings. The number of para-hydroxylation sites is 5. The van der Waals surface area contributed by atoms with Gasteiger partial charge in [0.25, 0.3) is 0 Å². The normalized spacial score (nSPS) is 12.2. The van der Waals surface area contributed by atoms with Crippen molar-refractivity contribution in [2.24, 2.45) is 0 Å². The Bertz CT molecular complexity index is 2270. The highest BCUT2D eigenvalue weighted by molar-refractivity contribution is 5.94. The van der Waals surface area contributed by atoms with E-state index in [1.54, 1.807) is 0 Å². The summed E-state index contributed by atoms with van der Waals surface area (Å²) in [6, 6.07) is 49.8. The average Bonchev–Trinajstić information content (AvgIpc) is 3.10. The zero-order chi connectivity index (χ0) is 30.3. The summed E-state index contributed by atoms with van der Waals surface area (Å²) in [4.78, 5) is 16.1. The molecule has 0 radical (unpaired) electrons. The molecule has 0 saturated carbocycles. The van der Waals surface area contributed by atoms with Gasteiger partial charge in [-0.05, 0) is 72.6 Å². The number of aromatic nitrogens is 1. The van der Waals surface area contributed by atoms with Crippen molar-refractivity contribution in [1.29, 1.82) is 0 Å². The fraction of sp³-hybridized carbons (Fsp3) is 0.0488. The first-order chi connectivity index (χ1) is 22.2. The quantitative estimate of drug-likeness (QED) is 0.203. The highest BCUT2D eigenvalue weighted by atomic mass is 16.5. The third-order valence-electron chi connectivity index (χ3n) is 8.59. The molecule has 4 heteroatoms. The molecule has 0 spiro atoms. The highest BCUT2D eigenvalue weighted by Gasteiger charge is 2.24. The largest absolute Gasteiger partial charge is 0.456 e. The molecule has 0 aliphatic carbocycles. The molecule has 2 heterocycles. The highest BCUT2D eigenvalue weighted by Crippen LogP contribution is 2.46. The van der Waals surface area contributed by atoms with Crippen molar-refractivity contribution in [2.45, 2.75) is 13.3 Å². The molecule has 0 amide bonds. The maximum atomic E-state index is 13.8. The predicted octanol–water partition coefficient (Wildman–Crippen LogP) is 10.1. The zero-order valence-corrected chi connectivity index (χ0v) is 24.9. The number of fused-ring (bicyclic) bond motifs is 6. The van der Waals surface area contributed by atoms with E-state index in [0.717, 1.165) is 62.0 Å². The van der Waals surface area contributed by atoms with E-state index in [9.17, 15) is 4.79 Å².